The van der Waals surface area contributed by atoms with Crippen molar-refractivity contribution in [1.82, 2.24) is 0 Å². The first kappa shape index (κ1) is 22.5. The smallest absolute Gasteiger partial charge is 0.264 e. The van der Waals surface area contributed by atoms with Crippen molar-refractivity contribution in [2.24, 2.45) is 4.99 Å². The number of thioether (sulfide) groups is 1. The third-order valence-electron chi connectivity index (χ3n) is 4.91. The Morgan fingerprint density at radius 2 is 1.78 bits per heavy atom. The molecule has 0 amide bonds. The maximum absolute atomic E-state index is 13.5. The first-order chi connectivity index (χ1) is 15.4. The van der Waals surface area contributed by atoms with E-state index in [1.54, 1.807) is 61.7 Å². The summed E-state index contributed by atoms with van der Waals surface area (Å²) in [6.07, 6.45) is 0. The van der Waals surface area contributed by atoms with Gasteiger partial charge in [-0.25, -0.2) is 13.4 Å². The molecule has 0 aromatic heterocycles. The summed E-state index contributed by atoms with van der Waals surface area (Å²) in [4.78, 5) is 5.00. The lowest BCUT2D eigenvalue weighted by atomic mass is 10.2. The zero-order valence-corrected chi connectivity index (χ0v) is 20.0. The summed E-state index contributed by atoms with van der Waals surface area (Å²) >= 11 is 7.43. The van der Waals surface area contributed by atoms with Crippen LogP contribution >= 0.6 is 23.4 Å². The number of fused-ring (bicyclic) bond motifs is 1. The maximum atomic E-state index is 13.5. The molecule has 0 unspecified atom stereocenters. The highest BCUT2D eigenvalue weighted by molar-refractivity contribution is 8.14. The molecule has 0 spiro atoms. The van der Waals surface area contributed by atoms with Gasteiger partial charge in [0, 0.05) is 29.1 Å². The van der Waals surface area contributed by atoms with Crippen molar-refractivity contribution in [2.45, 2.75) is 11.8 Å². The predicted octanol–water partition coefficient (Wildman–Crippen LogP) is 5.70. The molecule has 0 bridgehead atoms. The molecule has 4 rings (SSSR count). The van der Waals surface area contributed by atoms with Crippen LogP contribution in [0.2, 0.25) is 5.02 Å². The number of nitrogens with zero attached hydrogens (tertiary/aromatic N) is 2. The quantitative estimate of drug-likeness (QED) is 0.511. The lowest BCUT2D eigenvalue weighted by Gasteiger charge is -2.28. The third kappa shape index (κ3) is 4.87. The van der Waals surface area contributed by atoms with E-state index in [-0.39, 0.29) is 4.90 Å². The Hall–Kier alpha value is -2.68. The molecule has 0 aliphatic carbocycles. The minimum atomic E-state index is -3.76. The van der Waals surface area contributed by atoms with Gasteiger partial charge in [0.25, 0.3) is 10.0 Å². The van der Waals surface area contributed by atoms with Crippen LogP contribution in [-0.4, -0.2) is 33.0 Å². The number of nitrogens with one attached hydrogen (secondary N) is 1. The number of hydrogen-bond donors (Lipinski definition) is 1. The van der Waals surface area contributed by atoms with Gasteiger partial charge in [0.15, 0.2) is 5.17 Å². The summed E-state index contributed by atoms with van der Waals surface area (Å²) in [5.41, 5.74) is 2.85. The molecule has 0 fully saturated rings. The minimum Gasteiger partial charge on any atom is -0.497 e. The van der Waals surface area contributed by atoms with Crippen LogP contribution in [0.5, 0.6) is 5.75 Å². The number of sulfonamides is 1. The highest BCUT2D eigenvalue weighted by atomic mass is 35.5. The van der Waals surface area contributed by atoms with Crippen molar-refractivity contribution in [3.8, 4) is 5.75 Å². The van der Waals surface area contributed by atoms with Crippen LogP contribution in [0.25, 0.3) is 0 Å². The number of aryl methyl sites for hydroxylation is 1. The van der Waals surface area contributed by atoms with E-state index in [2.05, 4.69) is 5.32 Å². The van der Waals surface area contributed by atoms with Gasteiger partial charge >= 0.3 is 0 Å². The largest absolute Gasteiger partial charge is 0.497 e. The molecule has 0 saturated carbocycles. The first-order valence-electron chi connectivity index (χ1n) is 9.88. The number of anilines is 2. The molecule has 166 valence electrons. The lowest BCUT2D eigenvalue weighted by molar-refractivity contribution is 0.415. The number of aliphatic imine (C=N–C) groups is 1. The molecule has 3 aromatic carbocycles. The predicted molar refractivity (Wildman–Crippen MR) is 133 cm³/mol. The van der Waals surface area contributed by atoms with E-state index in [1.807, 2.05) is 19.1 Å². The Morgan fingerprint density at radius 1 is 1.06 bits per heavy atom. The number of hydrogen-bond acceptors (Lipinski definition) is 6. The topological polar surface area (TPSA) is 71.0 Å². The van der Waals surface area contributed by atoms with Crippen LogP contribution in [0.3, 0.4) is 0 Å². The third-order valence-corrected chi connectivity index (χ3v) is 7.84. The summed E-state index contributed by atoms with van der Waals surface area (Å²) < 4.78 is 33.8. The van der Waals surface area contributed by atoms with Crippen LogP contribution in [0.4, 0.5) is 17.1 Å². The van der Waals surface area contributed by atoms with Crippen LogP contribution < -0.4 is 14.4 Å². The molecule has 9 heteroatoms. The molecule has 1 aliphatic heterocycles. The van der Waals surface area contributed by atoms with E-state index >= 15 is 0 Å². The van der Waals surface area contributed by atoms with Crippen LogP contribution in [0.1, 0.15) is 5.56 Å². The van der Waals surface area contributed by atoms with Gasteiger partial charge < -0.3 is 10.1 Å². The molecule has 0 atom stereocenters. The van der Waals surface area contributed by atoms with Gasteiger partial charge in [0.2, 0.25) is 0 Å². The molecule has 6 nitrogen and oxygen atoms in total. The fraction of sp³-hybridized carbons (Fsp3) is 0.174. The molecular weight excluding hydrogens is 466 g/mol. The van der Waals surface area contributed by atoms with Crippen molar-refractivity contribution < 1.29 is 13.2 Å². The van der Waals surface area contributed by atoms with Crippen LogP contribution in [0.15, 0.2) is 76.6 Å². The second-order valence-corrected chi connectivity index (χ2v) is 10.5. The Morgan fingerprint density at radius 3 is 2.47 bits per heavy atom. The van der Waals surface area contributed by atoms with E-state index in [0.717, 1.165) is 11.3 Å². The molecule has 1 aliphatic rings. The van der Waals surface area contributed by atoms with Gasteiger partial charge in [-0.15, -0.1) is 0 Å². The molecule has 3 aromatic rings. The van der Waals surface area contributed by atoms with E-state index in [4.69, 9.17) is 21.3 Å². The van der Waals surface area contributed by atoms with Crippen molar-refractivity contribution >= 4 is 55.6 Å². The highest BCUT2D eigenvalue weighted by Gasteiger charge is 2.28. The Kier molecular flexibility index (Phi) is 6.64. The fourth-order valence-electron chi connectivity index (χ4n) is 3.23. The molecule has 0 saturated heterocycles. The second kappa shape index (κ2) is 9.44. The number of benzene rings is 3. The van der Waals surface area contributed by atoms with Gasteiger partial charge in [0.1, 0.15) is 5.75 Å². The normalized spacial score (nSPS) is 14.1. The van der Waals surface area contributed by atoms with E-state index in [9.17, 15) is 8.42 Å². The zero-order valence-electron chi connectivity index (χ0n) is 17.6. The van der Waals surface area contributed by atoms with Gasteiger partial charge in [-0.2, -0.15) is 0 Å². The standard InChI is InChI=1S/C23H22ClN3O3S2/c1-16-3-10-20(11-4-16)32(28,29)27-13-14-31-23(25-18-7-5-17(24)6-8-18)26-21-15-19(30-2)9-12-22(21)27/h3-12,15H,13-14H2,1-2H3,(H,25,26). The van der Waals surface area contributed by atoms with Gasteiger partial charge in [0.05, 0.1) is 23.4 Å². The SMILES string of the molecule is COc1ccc2c(c1)N=C(Nc1ccc(Cl)cc1)SCCN2S(=O)(=O)c1ccc(C)cc1. The van der Waals surface area contributed by atoms with Crippen molar-refractivity contribution in [3.05, 3.63) is 77.3 Å². The summed E-state index contributed by atoms with van der Waals surface area (Å²) in [6, 6.07) is 19.4. The fourth-order valence-corrected chi connectivity index (χ4v) is 5.77. The minimum absolute atomic E-state index is 0.249. The second-order valence-electron chi connectivity index (χ2n) is 7.14. The number of methoxy groups -OCH3 is 1. The first-order valence-corrected chi connectivity index (χ1v) is 12.7. The van der Waals surface area contributed by atoms with Gasteiger partial charge in [-0.1, -0.05) is 41.1 Å². The molecule has 1 heterocycles. The average Bonchev–Trinajstić information content (AvgIpc) is 2.77. The number of halogens is 1. The van der Waals surface area contributed by atoms with Crippen molar-refractivity contribution in [3.63, 3.8) is 0 Å². The summed E-state index contributed by atoms with van der Waals surface area (Å²) in [5.74, 6) is 1.12. The van der Waals surface area contributed by atoms with E-state index in [0.29, 0.717) is 39.6 Å². The summed E-state index contributed by atoms with van der Waals surface area (Å²) in [5, 5.41) is 4.60. The molecule has 32 heavy (non-hydrogen) atoms. The Balaban J connectivity index is 1.76. The van der Waals surface area contributed by atoms with Gasteiger partial charge in [-0.05, 0) is 55.5 Å². The molecule has 1 N–H and O–H groups in total. The Labute approximate surface area is 197 Å². The average molecular weight is 488 g/mol. The monoisotopic (exact) mass is 487 g/mol. The lowest BCUT2D eigenvalue weighted by Crippen LogP contribution is -2.34. The molecular formula is C23H22ClN3O3S2. The van der Waals surface area contributed by atoms with E-state index in [1.165, 1.54) is 16.1 Å². The maximum Gasteiger partial charge on any atom is 0.264 e. The van der Waals surface area contributed by atoms with Crippen LogP contribution in [0, 0.1) is 6.92 Å². The highest BCUT2D eigenvalue weighted by Crippen LogP contribution is 2.38. The van der Waals surface area contributed by atoms with E-state index < -0.39 is 10.0 Å². The zero-order chi connectivity index (χ0) is 22.7. The summed E-state index contributed by atoms with van der Waals surface area (Å²) in [7, 11) is -2.19. The number of amidine groups is 1. The van der Waals surface area contributed by atoms with Gasteiger partial charge in [-0.3, -0.25) is 4.31 Å². The molecule has 0 radical (unpaired) electrons. The Bertz CT molecular complexity index is 1240. The van der Waals surface area contributed by atoms with Crippen LogP contribution in [-0.2, 0) is 10.0 Å². The van der Waals surface area contributed by atoms with Crippen molar-refractivity contribution in [1.29, 1.82) is 0 Å². The van der Waals surface area contributed by atoms with Crippen molar-refractivity contribution in [2.75, 3.05) is 29.0 Å². The summed E-state index contributed by atoms with van der Waals surface area (Å²) in [6.45, 7) is 2.22. The number of ether oxygens (including phenoxy) is 1. The number of rotatable bonds is 4.